The first kappa shape index (κ1) is 22.4. The van der Waals surface area contributed by atoms with Crippen LogP contribution in [0.15, 0.2) is 0 Å². The van der Waals surface area contributed by atoms with Gasteiger partial charge in [0.1, 0.15) is 0 Å². The minimum Gasteiger partial charge on any atom is -0.466 e. The summed E-state index contributed by atoms with van der Waals surface area (Å²) in [4.78, 5) is 11.1. The molecule has 2 atom stereocenters. The van der Waals surface area contributed by atoms with Crippen molar-refractivity contribution in [2.45, 2.75) is 96.2 Å². The molecule has 0 saturated heterocycles. The van der Waals surface area contributed by atoms with E-state index in [0.29, 0.717) is 25.9 Å². The number of unbranched alkanes of at least 4 members (excludes halogenated alkanes) is 7. The highest BCUT2D eigenvalue weighted by molar-refractivity contribution is 5.69. The molecule has 5 heteroatoms. The van der Waals surface area contributed by atoms with Crippen molar-refractivity contribution < 1.29 is 24.9 Å². The maximum absolute atomic E-state index is 11.1. The molecule has 0 fully saturated rings. The molecule has 5 nitrogen and oxygen atoms in total. The topological polar surface area (TPSA) is 87.0 Å². The van der Waals surface area contributed by atoms with Gasteiger partial charge in [-0.25, -0.2) is 0 Å². The van der Waals surface area contributed by atoms with Crippen LogP contribution in [0.25, 0.3) is 0 Å². The maximum Gasteiger partial charge on any atom is 0.305 e. The molecule has 0 radical (unpaired) electrons. The summed E-state index contributed by atoms with van der Waals surface area (Å²) in [5.74, 6) is -0.120. The Hall–Kier alpha value is -0.650. The van der Waals surface area contributed by atoms with Crippen molar-refractivity contribution in [2.24, 2.45) is 0 Å². The molecule has 0 rings (SSSR count). The summed E-state index contributed by atoms with van der Waals surface area (Å²) in [5, 5.41) is 28.5. The van der Waals surface area contributed by atoms with Gasteiger partial charge in [0.25, 0.3) is 0 Å². The number of aliphatic hydroxyl groups excluding tert-OH is 3. The van der Waals surface area contributed by atoms with Gasteiger partial charge in [-0.15, -0.1) is 0 Å². The van der Waals surface area contributed by atoms with Gasteiger partial charge in [-0.1, -0.05) is 44.9 Å². The number of aliphatic hydroxyl groups is 3. The Morgan fingerprint density at radius 1 is 0.826 bits per heavy atom. The van der Waals surface area contributed by atoms with Gasteiger partial charge >= 0.3 is 5.97 Å². The third kappa shape index (κ3) is 14.7. The Kier molecular flexibility index (Phi) is 15.8. The average Bonchev–Trinajstić information content (AvgIpc) is 2.53. The van der Waals surface area contributed by atoms with Crippen LogP contribution in [0.5, 0.6) is 0 Å². The van der Waals surface area contributed by atoms with Crippen LogP contribution in [0.2, 0.25) is 0 Å². The van der Waals surface area contributed by atoms with Crippen LogP contribution in [0.3, 0.4) is 0 Å². The molecular weight excluding hydrogens is 296 g/mol. The van der Waals surface area contributed by atoms with Gasteiger partial charge < -0.3 is 20.1 Å². The lowest BCUT2D eigenvalue weighted by Crippen LogP contribution is -2.25. The highest BCUT2D eigenvalue weighted by Gasteiger charge is 2.15. The van der Waals surface area contributed by atoms with Crippen LogP contribution in [0.1, 0.15) is 84.0 Å². The number of carbonyl (C=O) groups excluding carboxylic acids is 1. The molecular formula is C18H36O5. The van der Waals surface area contributed by atoms with Crippen molar-refractivity contribution >= 4 is 5.97 Å². The molecule has 23 heavy (non-hydrogen) atoms. The number of carbonyl (C=O) groups is 1. The van der Waals surface area contributed by atoms with E-state index in [1.54, 1.807) is 0 Å². The van der Waals surface area contributed by atoms with E-state index in [4.69, 9.17) is 9.84 Å². The predicted molar refractivity (Wildman–Crippen MR) is 91.1 cm³/mol. The second kappa shape index (κ2) is 16.2. The number of ether oxygens (including phenoxy) is 1. The largest absolute Gasteiger partial charge is 0.466 e. The molecule has 0 aliphatic carbocycles. The van der Waals surface area contributed by atoms with Gasteiger partial charge in [0.2, 0.25) is 0 Å². The second-order valence-electron chi connectivity index (χ2n) is 6.17. The molecule has 0 aliphatic rings. The lowest BCUT2D eigenvalue weighted by atomic mass is 10.00. The monoisotopic (exact) mass is 332 g/mol. The summed E-state index contributed by atoms with van der Waals surface area (Å²) in [6.07, 6.45) is 9.00. The quantitative estimate of drug-likeness (QED) is 0.299. The molecule has 0 aliphatic heterocycles. The smallest absolute Gasteiger partial charge is 0.305 e. The molecule has 0 aromatic carbocycles. The maximum atomic E-state index is 11.1. The van der Waals surface area contributed by atoms with E-state index in [1.807, 2.05) is 6.92 Å². The summed E-state index contributed by atoms with van der Waals surface area (Å²) in [5.41, 5.74) is 0. The third-order valence-corrected chi connectivity index (χ3v) is 4.04. The van der Waals surface area contributed by atoms with Crippen molar-refractivity contribution in [3.8, 4) is 0 Å². The molecule has 0 aromatic heterocycles. The van der Waals surface area contributed by atoms with Crippen molar-refractivity contribution in [3.63, 3.8) is 0 Å². The van der Waals surface area contributed by atoms with Crippen LogP contribution >= 0.6 is 0 Å². The fourth-order valence-corrected chi connectivity index (χ4v) is 2.59. The van der Waals surface area contributed by atoms with E-state index in [-0.39, 0.29) is 12.6 Å². The fraction of sp³-hybridized carbons (Fsp3) is 0.944. The Bertz CT molecular complexity index is 270. The van der Waals surface area contributed by atoms with E-state index in [1.165, 1.54) is 0 Å². The zero-order valence-corrected chi connectivity index (χ0v) is 14.7. The highest BCUT2D eigenvalue weighted by Crippen LogP contribution is 2.14. The molecule has 138 valence electrons. The van der Waals surface area contributed by atoms with Gasteiger partial charge in [0.05, 0.1) is 18.8 Å². The van der Waals surface area contributed by atoms with Crippen LogP contribution in [-0.2, 0) is 9.53 Å². The van der Waals surface area contributed by atoms with Gasteiger partial charge in [-0.05, 0) is 32.6 Å². The van der Waals surface area contributed by atoms with Crippen LogP contribution < -0.4 is 0 Å². The highest BCUT2D eigenvalue weighted by atomic mass is 16.5. The zero-order valence-electron chi connectivity index (χ0n) is 14.7. The summed E-state index contributed by atoms with van der Waals surface area (Å²) in [7, 11) is 0. The third-order valence-electron chi connectivity index (χ3n) is 4.04. The van der Waals surface area contributed by atoms with Crippen LogP contribution in [0.4, 0.5) is 0 Å². The first-order valence-electron chi connectivity index (χ1n) is 9.24. The second-order valence-corrected chi connectivity index (χ2v) is 6.17. The lowest BCUT2D eigenvalue weighted by Gasteiger charge is -2.17. The summed E-state index contributed by atoms with van der Waals surface area (Å²) in [6.45, 7) is 2.48. The van der Waals surface area contributed by atoms with E-state index in [9.17, 15) is 15.0 Å². The molecule has 0 saturated carbocycles. The Balaban J connectivity index is 3.41. The van der Waals surface area contributed by atoms with Crippen LogP contribution in [-0.4, -0.2) is 46.7 Å². The minimum absolute atomic E-state index is 0.120. The molecule has 0 bridgehead atoms. The normalized spacial score (nSPS) is 13.7. The summed E-state index contributed by atoms with van der Waals surface area (Å²) >= 11 is 0. The Morgan fingerprint density at radius 2 is 1.30 bits per heavy atom. The van der Waals surface area contributed by atoms with Gasteiger partial charge in [-0.3, -0.25) is 4.79 Å². The van der Waals surface area contributed by atoms with Crippen LogP contribution in [0, 0.1) is 0 Å². The standard InChI is InChI=1S/C18H36O5/c1-2-23-18(22)14-10-5-3-4-8-12-16(20)17(21)13-9-6-7-11-15-19/h16-17,19-21H,2-15H2,1H3. The number of esters is 1. The molecule has 0 aromatic rings. The fourth-order valence-electron chi connectivity index (χ4n) is 2.59. The van der Waals surface area contributed by atoms with E-state index < -0.39 is 12.2 Å². The zero-order chi connectivity index (χ0) is 17.3. The molecule has 2 unspecified atom stereocenters. The minimum atomic E-state index is -0.632. The van der Waals surface area contributed by atoms with Gasteiger partial charge in [-0.2, -0.15) is 0 Å². The van der Waals surface area contributed by atoms with Crippen molar-refractivity contribution in [1.82, 2.24) is 0 Å². The molecule has 3 N–H and O–H groups in total. The summed E-state index contributed by atoms with van der Waals surface area (Å²) in [6, 6.07) is 0. The number of rotatable bonds is 16. The summed E-state index contributed by atoms with van der Waals surface area (Å²) < 4.78 is 4.87. The van der Waals surface area contributed by atoms with Gasteiger partial charge in [0, 0.05) is 13.0 Å². The molecule has 0 amide bonds. The first-order valence-corrected chi connectivity index (χ1v) is 9.24. The van der Waals surface area contributed by atoms with Crippen molar-refractivity contribution in [2.75, 3.05) is 13.2 Å². The lowest BCUT2D eigenvalue weighted by molar-refractivity contribution is -0.143. The van der Waals surface area contributed by atoms with Gasteiger partial charge in [0.15, 0.2) is 0 Å². The number of hydrogen-bond acceptors (Lipinski definition) is 5. The SMILES string of the molecule is CCOC(=O)CCCCCCCC(O)C(O)CCCCCCO. The first-order chi connectivity index (χ1) is 11.1. The van der Waals surface area contributed by atoms with E-state index >= 15 is 0 Å². The predicted octanol–water partition coefficient (Wildman–Crippen LogP) is 2.94. The molecule has 0 heterocycles. The number of hydrogen-bond donors (Lipinski definition) is 3. The molecule has 0 spiro atoms. The van der Waals surface area contributed by atoms with Crippen molar-refractivity contribution in [1.29, 1.82) is 0 Å². The van der Waals surface area contributed by atoms with E-state index in [0.717, 1.165) is 57.8 Å². The Morgan fingerprint density at radius 3 is 1.83 bits per heavy atom. The Labute approximate surface area is 141 Å². The average molecular weight is 332 g/mol. The van der Waals surface area contributed by atoms with E-state index in [2.05, 4.69) is 0 Å². The van der Waals surface area contributed by atoms with Crippen molar-refractivity contribution in [3.05, 3.63) is 0 Å².